The van der Waals surface area contributed by atoms with Crippen LogP contribution < -0.4 is 9.47 Å². The van der Waals surface area contributed by atoms with Crippen LogP contribution in [0.25, 0.3) is 11.1 Å². The highest BCUT2D eigenvalue weighted by molar-refractivity contribution is 7.90. The second kappa shape index (κ2) is 10.4. The van der Waals surface area contributed by atoms with Gasteiger partial charge in [0.1, 0.15) is 35.8 Å². The fourth-order valence-corrected chi connectivity index (χ4v) is 5.60. The first-order valence-corrected chi connectivity index (χ1v) is 14.2. The van der Waals surface area contributed by atoms with E-state index < -0.39 is 21.8 Å². The molecular weight excluding hydrogens is 512 g/mol. The van der Waals surface area contributed by atoms with Crippen LogP contribution in [0.1, 0.15) is 29.7 Å². The third kappa shape index (κ3) is 5.26. The predicted octanol–water partition coefficient (Wildman–Crippen LogP) is 5.28. The van der Waals surface area contributed by atoms with E-state index in [9.17, 15) is 17.9 Å². The highest BCUT2D eigenvalue weighted by Crippen LogP contribution is 2.48. The molecule has 6 nitrogen and oxygen atoms in total. The molecule has 1 atom stereocenters. The molecule has 0 bridgehead atoms. The van der Waals surface area contributed by atoms with Gasteiger partial charge in [0.2, 0.25) is 0 Å². The molecule has 38 heavy (non-hydrogen) atoms. The van der Waals surface area contributed by atoms with Crippen molar-refractivity contribution in [2.45, 2.75) is 17.9 Å². The lowest BCUT2D eigenvalue weighted by molar-refractivity contribution is 0.0668. The first-order valence-electron chi connectivity index (χ1n) is 12.4. The van der Waals surface area contributed by atoms with Gasteiger partial charge in [-0.15, -0.1) is 0 Å². The van der Waals surface area contributed by atoms with Crippen LogP contribution >= 0.6 is 0 Å². The lowest BCUT2D eigenvalue weighted by Gasteiger charge is -2.37. The van der Waals surface area contributed by atoms with Crippen LogP contribution in [0.5, 0.6) is 17.2 Å². The van der Waals surface area contributed by atoms with Crippen molar-refractivity contribution < 1.29 is 31.8 Å². The smallest absolute Gasteiger partial charge is 0.175 e. The number of sulfone groups is 1. The molecule has 1 unspecified atom stereocenters. The number of aromatic hydroxyl groups is 1. The summed E-state index contributed by atoms with van der Waals surface area (Å²) in [4.78, 5) is 2.14. The Labute approximate surface area is 221 Å². The maximum Gasteiger partial charge on any atom is 0.175 e. The molecular formula is C29H29F2NO5S. The minimum absolute atomic E-state index is 0.00144. The molecule has 2 aliphatic heterocycles. The van der Waals surface area contributed by atoms with Crippen LogP contribution in [-0.4, -0.2) is 57.6 Å². The fraction of sp³-hybridized carbons (Fsp3) is 0.310. The number of benzene rings is 3. The minimum Gasteiger partial charge on any atom is -0.508 e. The monoisotopic (exact) mass is 541 g/mol. The number of fused-ring (bicyclic) bond motifs is 1. The number of rotatable bonds is 8. The second-order valence-corrected chi connectivity index (χ2v) is 11.8. The van der Waals surface area contributed by atoms with Crippen LogP contribution in [0.2, 0.25) is 0 Å². The standard InChI is InChI=1S/C29H29F2NO5S/c1-18-24-13-21(33)5-10-27(24)37-29(28(18)25-14-23(38(2,34)35)8-9-26(25)31)20-3-6-22(7-4-20)36-12-11-32-16-19(15-30)17-32/h3-10,13-14,19,29,33H,11-12,15-17H2,1-2H3. The molecule has 3 aromatic rings. The Bertz CT molecular complexity index is 1480. The molecule has 3 aromatic carbocycles. The van der Waals surface area contributed by atoms with Gasteiger partial charge >= 0.3 is 0 Å². The van der Waals surface area contributed by atoms with Crippen molar-refractivity contribution in [2.24, 2.45) is 5.92 Å². The molecule has 1 fully saturated rings. The highest BCUT2D eigenvalue weighted by atomic mass is 32.2. The van der Waals surface area contributed by atoms with Gasteiger partial charge in [0.15, 0.2) is 9.84 Å². The molecule has 5 rings (SSSR count). The Morgan fingerprint density at radius 3 is 2.47 bits per heavy atom. The van der Waals surface area contributed by atoms with Gasteiger partial charge in [-0.05, 0) is 66.6 Å². The van der Waals surface area contributed by atoms with Crippen LogP contribution in [0, 0.1) is 11.7 Å². The normalized spacial score (nSPS) is 18.1. The predicted molar refractivity (Wildman–Crippen MR) is 141 cm³/mol. The molecule has 2 heterocycles. The lowest BCUT2D eigenvalue weighted by Crippen LogP contribution is -2.49. The summed E-state index contributed by atoms with van der Waals surface area (Å²) in [5.74, 6) is 0.771. The van der Waals surface area contributed by atoms with Crippen molar-refractivity contribution in [3.8, 4) is 17.2 Å². The average molecular weight is 542 g/mol. The van der Waals surface area contributed by atoms with E-state index in [1.165, 1.54) is 18.2 Å². The van der Waals surface area contributed by atoms with Crippen molar-refractivity contribution in [2.75, 3.05) is 39.2 Å². The maximum atomic E-state index is 15.2. The zero-order valence-corrected chi connectivity index (χ0v) is 22.0. The van der Waals surface area contributed by atoms with Gasteiger partial charge < -0.3 is 14.6 Å². The van der Waals surface area contributed by atoms with Gasteiger partial charge in [-0.1, -0.05) is 12.1 Å². The molecule has 2 aliphatic rings. The number of phenolic OH excluding ortho intramolecular Hbond substituents is 1. The van der Waals surface area contributed by atoms with Crippen LogP contribution in [0.15, 0.2) is 65.6 Å². The van der Waals surface area contributed by atoms with Gasteiger partial charge in [-0.25, -0.2) is 12.8 Å². The van der Waals surface area contributed by atoms with Crippen molar-refractivity contribution in [3.05, 3.63) is 83.2 Å². The molecule has 0 spiro atoms. The van der Waals surface area contributed by atoms with Crippen LogP contribution in [0.4, 0.5) is 8.78 Å². The quantitative estimate of drug-likeness (QED) is 0.391. The third-order valence-electron chi connectivity index (χ3n) is 7.04. The second-order valence-electron chi connectivity index (χ2n) is 9.83. The molecule has 1 saturated heterocycles. The zero-order chi connectivity index (χ0) is 27.0. The number of phenols is 1. The Hall–Kier alpha value is -3.43. The largest absolute Gasteiger partial charge is 0.508 e. The van der Waals surface area contributed by atoms with E-state index in [0.717, 1.165) is 37.5 Å². The van der Waals surface area contributed by atoms with E-state index >= 15 is 4.39 Å². The number of alkyl halides is 1. The summed E-state index contributed by atoms with van der Waals surface area (Å²) in [6.45, 7) is 4.21. The van der Waals surface area contributed by atoms with E-state index in [4.69, 9.17) is 9.47 Å². The molecule has 9 heteroatoms. The van der Waals surface area contributed by atoms with E-state index in [-0.39, 0.29) is 28.8 Å². The molecule has 1 N–H and O–H groups in total. The highest BCUT2D eigenvalue weighted by Gasteiger charge is 2.32. The summed E-state index contributed by atoms with van der Waals surface area (Å²) >= 11 is 0. The molecule has 0 radical (unpaired) electrons. The number of likely N-dealkylation sites (tertiary alicyclic amines) is 1. The van der Waals surface area contributed by atoms with Gasteiger partial charge in [0.05, 0.1) is 11.6 Å². The summed E-state index contributed by atoms with van der Waals surface area (Å²) in [7, 11) is -3.58. The van der Waals surface area contributed by atoms with E-state index in [1.807, 2.05) is 24.3 Å². The molecule has 0 saturated carbocycles. The van der Waals surface area contributed by atoms with E-state index in [0.29, 0.717) is 34.8 Å². The Morgan fingerprint density at radius 1 is 1.05 bits per heavy atom. The van der Waals surface area contributed by atoms with E-state index in [1.54, 1.807) is 19.1 Å². The average Bonchev–Trinajstić information content (AvgIpc) is 2.86. The summed E-state index contributed by atoms with van der Waals surface area (Å²) < 4.78 is 64.5. The van der Waals surface area contributed by atoms with Gasteiger partial charge in [-0.2, -0.15) is 0 Å². The minimum atomic E-state index is -3.58. The number of hydrogen-bond acceptors (Lipinski definition) is 6. The van der Waals surface area contributed by atoms with Crippen LogP contribution in [-0.2, 0) is 9.84 Å². The van der Waals surface area contributed by atoms with Gasteiger partial charge in [0, 0.05) is 48.5 Å². The first-order chi connectivity index (χ1) is 18.1. The summed E-state index contributed by atoms with van der Waals surface area (Å²) in [5.41, 5.74) is 2.58. The number of halogens is 2. The summed E-state index contributed by atoms with van der Waals surface area (Å²) in [6, 6.07) is 15.7. The molecule has 200 valence electrons. The molecule has 0 amide bonds. The summed E-state index contributed by atoms with van der Waals surface area (Å²) in [5, 5.41) is 10.1. The molecule has 0 aliphatic carbocycles. The topological polar surface area (TPSA) is 76.1 Å². The third-order valence-corrected chi connectivity index (χ3v) is 8.15. The Kier molecular flexibility index (Phi) is 7.15. The fourth-order valence-electron chi connectivity index (χ4n) is 4.95. The van der Waals surface area contributed by atoms with Crippen molar-refractivity contribution >= 4 is 21.0 Å². The number of allylic oxidation sites excluding steroid dienone is 1. The lowest BCUT2D eigenvalue weighted by atomic mass is 9.86. The molecule has 0 aromatic heterocycles. The number of nitrogens with zero attached hydrogens (tertiary/aromatic N) is 1. The zero-order valence-electron chi connectivity index (χ0n) is 21.2. The van der Waals surface area contributed by atoms with Crippen molar-refractivity contribution in [1.82, 2.24) is 4.90 Å². The Balaban J connectivity index is 1.46. The Morgan fingerprint density at radius 2 is 1.79 bits per heavy atom. The van der Waals surface area contributed by atoms with Crippen molar-refractivity contribution in [3.63, 3.8) is 0 Å². The summed E-state index contributed by atoms with van der Waals surface area (Å²) in [6.07, 6.45) is 0.345. The first kappa shape index (κ1) is 26.2. The van der Waals surface area contributed by atoms with Crippen LogP contribution in [0.3, 0.4) is 0 Å². The van der Waals surface area contributed by atoms with E-state index in [2.05, 4.69) is 4.90 Å². The van der Waals surface area contributed by atoms with Crippen molar-refractivity contribution in [1.29, 1.82) is 0 Å². The SMILES string of the molecule is CC1=C(c2cc(S(C)(=O)=O)ccc2F)C(c2ccc(OCCN3CC(CF)C3)cc2)Oc2ccc(O)cc21. The maximum absolute atomic E-state index is 15.2. The number of hydrogen-bond donors (Lipinski definition) is 1. The van der Waals surface area contributed by atoms with Gasteiger partial charge in [0.25, 0.3) is 0 Å². The van der Waals surface area contributed by atoms with Gasteiger partial charge in [-0.3, -0.25) is 9.29 Å². The number of ether oxygens (including phenoxy) is 2.